The highest BCUT2D eigenvalue weighted by Crippen LogP contribution is 2.15. The fourth-order valence-corrected chi connectivity index (χ4v) is 2.06. The van der Waals surface area contributed by atoms with Gasteiger partial charge in [-0.25, -0.2) is 0 Å². The Bertz CT molecular complexity index is 379. The van der Waals surface area contributed by atoms with Gasteiger partial charge in [-0.15, -0.1) is 0 Å². The van der Waals surface area contributed by atoms with E-state index in [0.29, 0.717) is 25.4 Å². The zero-order chi connectivity index (χ0) is 12.8. The maximum Gasteiger partial charge on any atom is 0.270 e. The SMILES string of the molecule is COCCN(CCO)C(=O)c1cc(Br)cn1C. The third-order valence-corrected chi connectivity index (χ3v) is 2.85. The number of aromatic nitrogens is 1. The number of halogens is 1. The summed E-state index contributed by atoms with van der Waals surface area (Å²) in [5.41, 5.74) is 0.585. The van der Waals surface area contributed by atoms with Crippen LogP contribution in [0.1, 0.15) is 10.5 Å². The van der Waals surface area contributed by atoms with E-state index in [9.17, 15) is 4.79 Å². The monoisotopic (exact) mass is 304 g/mol. The van der Waals surface area contributed by atoms with Gasteiger partial charge in [-0.3, -0.25) is 4.79 Å². The van der Waals surface area contributed by atoms with Crippen LogP contribution in [0, 0.1) is 0 Å². The molecule has 0 unspecified atom stereocenters. The van der Waals surface area contributed by atoms with E-state index in [2.05, 4.69) is 15.9 Å². The van der Waals surface area contributed by atoms with Gasteiger partial charge in [-0.05, 0) is 22.0 Å². The van der Waals surface area contributed by atoms with Gasteiger partial charge in [-0.2, -0.15) is 0 Å². The molecule has 0 saturated carbocycles. The molecule has 6 heteroatoms. The number of hydrogen-bond acceptors (Lipinski definition) is 3. The van der Waals surface area contributed by atoms with Crippen LogP contribution in [-0.4, -0.2) is 53.9 Å². The van der Waals surface area contributed by atoms with E-state index >= 15 is 0 Å². The maximum atomic E-state index is 12.2. The van der Waals surface area contributed by atoms with Gasteiger partial charge in [0.15, 0.2) is 0 Å². The Balaban J connectivity index is 2.79. The third kappa shape index (κ3) is 3.83. The van der Waals surface area contributed by atoms with Crippen LogP contribution < -0.4 is 0 Å². The zero-order valence-corrected chi connectivity index (χ0v) is 11.6. The fourth-order valence-electron chi connectivity index (χ4n) is 1.54. The van der Waals surface area contributed by atoms with Gasteiger partial charge >= 0.3 is 0 Å². The molecule has 0 aliphatic rings. The Morgan fingerprint density at radius 2 is 2.29 bits per heavy atom. The standard InChI is InChI=1S/C11H17BrN2O3/c1-13-8-9(12)7-10(13)11(16)14(3-5-15)4-6-17-2/h7-8,15H,3-6H2,1-2H3. The summed E-state index contributed by atoms with van der Waals surface area (Å²) in [5, 5.41) is 8.96. The quantitative estimate of drug-likeness (QED) is 0.848. The van der Waals surface area contributed by atoms with E-state index in [1.54, 1.807) is 22.6 Å². The number of carbonyl (C=O) groups is 1. The number of rotatable bonds is 6. The van der Waals surface area contributed by atoms with Crippen molar-refractivity contribution in [2.75, 3.05) is 33.4 Å². The molecule has 96 valence electrons. The second-order valence-corrected chi connectivity index (χ2v) is 4.58. The van der Waals surface area contributed by atoms with Gasteiger partial charge in [-0.1, -0.05) is 0 Å². The van der Waals surface area contributed by atoms with Crippen molar-refractivity contribution in [3.8, 4) is 0 Å². The average Bonchev–Trinajstić information content (AvgIpc) is 2.63. The van der Waals surface area contributed by atoms with Crippen molar-refractivity contribution < 1.29 is 14.6 Å². The summed E-state index contributed by atoms with van der Waals surface area (Å²) < 4.78 is 7.56. The number of nitrogens with zero attached hydrogens (tertiary/aromatic N) is 2. The number of carbonyl (C=O) groups excluding carboxylic acids is 1. The van der Waals surface area contributed by atoms with Gasteiger partial charge in [0, 0.05) is 37.9 Å². The second kappa shape index (κ2) is 6.78. The molecule has 1 aromatic rings. The summed E-state index contributed by atoms with van der Waals surface area (Å²) in [4.78, 5) is 13.8. The highest BCUT2D eigenvalue weighted by atomic mass is 79.9. The molecule has 0 atom stereocenters. The smallest absolute Gasteiger partial charge is 0.270 e. The highest BCUT2D eigenvalue weighted by molar-refractivity contribution is 9.10. The summed E-state index contributed by atoms with van der Waals surface area (Å²) in [6.07, 6.45) is 1.82. The van der Waals surface area contributed by atoms with Gasteiger partial charge in [0.2, 0.25) is 0 Å². The molecule has 0 aliphatic heterocycles. The summed E-state index contributed by atoms with van der Waals surface area (Å²) in [6, 6.07) is 1.76. The van der Waals surface area contributed by atoms with Crippen LogP contribution in [0.2, 0.25) is 0 Å². The lowest BCUT2D eigenvalue weighted by molar-refractivity contribution is 0.0647. The molecule has 1 aromatic heterocycles. The maximum absolute atomic E-state index is 12.2. The zero-order valence-electron chi connectivity index (χ0n) is 10.0. The normalized spacial score (nSPS) is 10.6. The number of hydrogen-bond donors (Lipinski definition) is 1. The summed E-state index contributed by atoms with van der Waals surface area (Å²) in [6.45, 7) is 1.18. The molecule has 1 rings (SSSR count). The van der Waals surface area contributed by atoms with E-state index in [4.69, 9.17) is 9.84 Å². The van der Waals surface area contributed by atoms with Crippen molar-refractivity contribution in [1.82, 2.24) is 9.47 Å². The van der Waals surface area contributed by atoms with Crippen LogP contribution in [0.15, 0.2) is 16.7 Å². The van der Waals surface area contributed by atoms with Crippen molar-refractivity contribution in [2.45, 2.75) is 0 Å². The molecule has 0 spiro atoms. The van der Waals surface area contributed by atoms with Crippen molar-refractivity contribution >= 4 is 21.8 Å². The van der Waals surface area contributed by atoms with E-state index in [1.807, 2.05) is 13.2 Å². The van der Waals surface area contributed by atoms with Crippen molar-refractivity contribution in [2.24, 2.45) is 7.05 Å². The second-order valence-electron chi connectivity index (χ2n) is 3.66. The lowest BCUT2D eigenvalue weighted by atomic mass is 10.3. The molecule has 0 saturated heterocycles. The lowest BCUT2D eigenvalue weighted by Gasteiger charge is -2.21. The predicted molar refractivity (Wildman–Crippen MR) is 68.0 cm³/mol. The highest BCUT2D eigenvalue weighted by Gasteiger charge is 2.18. The largest absolute Gasteiger partial charge is 0.395 e. The van der Waals surface area contributed by atoms with E-state index in [0.717, 1.165) is 4.47 Å². The Morgan fingerprint density at radius 1 is 1.59 bits per heavy atom. The average molecular weight is 305 g/mol. The first-order chi connectivity index (χ1) is 8.10. The molecule has 1 N–H and O–H groups in total. The van der Waals surface area contributed by atoms with Crippen molar-refractivity contribution in [3.63, 3.8) is 0 Å². The lowest BCUT2D eigenvalue weighted by Crippen LogP contribution is -2.37. The van der Waals surface area contributed by atoms with Crippen LogP contribution in [0.4, 0.5) is 0 Å². The van der Waals surface area contributed by atoms with Gasteiger partial charge < -0.3 is 19.3 Å². The van der Waals surface area contributed by atoms with Gasteiger partial charge in [0.05, 0.1) is 13.2 Å². The summed E-state index contributed by atoms with van der Waals surface area (Å²) in [5.74, 6) is -0.107. The molecule has 0 radical (unpaired) electrons. The van der Waals surface area contributed by atoms with Crippen molar-refractivity contribution in [3.05, 3.63) is 22.4 Å². The first-order valence-corrected chi connectivity index (χ1v) is 6.10. The van der Waals surface area contributed by atoms with E-state index in [-0.39, 0.29) is 12.5 Å². The number of aliphatic hydroxyl groups excluding tert-OH is 1. The minimum atomic E-state index is -0.107. The van der Waals surface area contributed by atoms with Crippen LogP contribution in [0.25, 0.3) is 0 Å². The first-order valence-electron chi connectivity index (χ1n) is 5.31. The van der Waals surface area contributed by atoms with E-state index < -0.39 is 0 Å². The Kier molecular flexibility index (Phi) is 5.67. The van der Waals surface area contributed by atoms with Gasteiger partial charge in [0.1, 0.15) is 5.69 Å². The summed E-state index contributed by atoms with van der Waals surface area (Å²) >= 11 is 3.33. The molecule has 5 nitrogen and oxygen atoms in total. The van der Waals surface area contributed by atoms with Crippen molar-refractivity contribution in [1.29, 1.82) is 0 Å². The Hall–Kier alpha value is -0.850. The predicted octanol–water partition coefficient (Wildman–Crippen LogP) is 0.869. The molecule has 1 amide bonds. The minimum absolute atomic E-state index is 0.0545. The molecule has 0 bridgehead atoms. The molecule has 0 aliphatic carbocycles. The van der Waals surface area contributed by atoms with Gasteiger partial charge in [0.25, 0.3) is 5.91 Å². The number of aliphatic hydroxyl groups is 1. The van der Waals surface area contributed by atoms with E-state index in [1.165, 1.54) is 0 Å². The van der Waals surface area contributed by atoms with Crippen LogP contribution >= 0.6 is 15.9 Å². The fraction of sp³-hybridized carbons (Fsp3) is 0.545. The Morgan fingerprint density at radius 3 is 2.76 bits per heavy atom. The molecule has 17 heavy (non-hydrogen) atoms. The molecule has 1 heterocycles. The minimum Gasteiger partial charge on any atom is -0.395 e. The molecular weight excluding hydrogens is 288 g/mol. The number of methoxy groups -OCH3 is 1. The molecule has 0 aromatic carbocycles. The molecule has 0 fully saturated rings. The molecular formula is C11H17BrN2O3. The topological polar surface area (TPSA) is 54.7 Å². The summed E-state index contributed by atoms with van der Waals surface area (Å²) in [7, 11) is 3.39. The van der Waals surface area contributed by atoms with Crippen LogP contribution in [0.5, 0.6) is 0 Å². The van der Waals surface area contributed by atoms with Crippen LogP contribution in [0.3, 0.4) is 0 Å². The Labute approximate surface area is 109 Å². The third-order valence-electron chi connectivity index (χ3n) is 2.41. The first kappa shape index (κ1) is 14.2. The number of amides is 1. The number of aryl methyl sites for hydroxylation is 1. The number of ether oxygens (including phenoxy) is 1. The van der Waals surface area contributed by atoms with Crippen LogP contribution in [-0.2, 0) is 11.8 Å².